The van der Waals surface area contributed by atoms with Crippen molar-refractivity contribution >= 4 is 11.6 Å². The van der Waals surface area contributed by atoms with E-state index in [2.05, 4.69) is 17.2 Å². The van der Waals surface area contributed by atoms with Gasteiger partial charge in [0.15, 0.2) is 0 Å². The third kappa shape index (κ3) is 3.83. The van der Waals surface area contributed by atoms with Crippen LogP contribution in [-0.2, 0) is 6.54 Å². The van der Waals surface area contributed by atoms with E-state index in [9.17, 15) is 5.11 Å². The van der Waals surface area contributed by atoms with Gasteiger partial charge in [0.25, 0.3) is 0 Å². The molecule has 1 aromatic carbocycles. The number of rotatable bonds is 4. The molecule has 0 saturated carbocycles. The number of aromatic hydroxyl groups is 1. The minimum absolute atomic E-state index is 0.233. The van der Waals surface area contributed by atoms with Gasteiger partial charge in [-0.15, -0.1) is 11.8 Å². The van der Waals surface area contributed by atoms with Crippen LogP contribution >= 0.6 is 11.6 Å². The molecule has 0 aromatic heterocycles. The van der Waals surface area contributed by atoms with Gasteiger partial charge in [0, 0.05) is 30.1 Å². The van der Waals surface area contributed by atoms with Crippen molar-refractivity contribution in [2.45, 2.75) is 19.9 Å². The van der Waals surface area contributed by atoms with E-state index in [4.69, 9.17) is 11.6 Å². The van der Waals surface area contributed by atoms with Gasteiger partial charge in [-0.3, -0.25) is 0 Å². The number of phenolic OH excluding ortho intramolecular Hbond substituents is 1. The smallest absolute Gasteiger partial charge is 0.121 e. The molecule has 15 heavy (non-hydrogen) atoms. The van der Waals surface area contributed by atoms with Gasteiger partial charge in [-0.1, -0.05) is 17.7 Å². The molecule has 0 aliphatic carbocycles. The summed E-state index contributed by atoms with van der Waals surface area (Å²) >= 11 is 5.94. The maximum atomic E-state index is 9.54. The molecule has 2 N–H and O–H groups in total. The van der Waals surface area contributed by atoms with E-state index in [0.717, 1.165) is 18.5 Å². The molecule has 0 radical (unpaired) electrons. The predicted molar refractivity (Wildman–Crippen MR) is 62.9 cm³/mol. The molecule has 80 valence electrons. The molecule has 0 atom stereocenters. The van der Waals surface area contributed by atoms with Gasteiger partial charge in [0.2, 0.25) is 0 Å². The SMILES string of the molecule is CC#CCCNCc1c(O)cccc1Cl. The van der Waals surface area contributed by atoms with Crippen LogP contribution in [0, 0.1) is 11.8 Å². The van der Waals surface area contributed by atoms with Gasteiger partial charge in [-0.25, -0.2) is 0 Å². The summed E-state index contributed by atoms with van der Waals surface area (Å²) in [5.41, 5.74) is 0.739. The summed E-state index contributed by atoms with van der Waals surface area (Å²) in [6.45, 7) is 3.18. The molecular formula is C12H14ClNO. The number of halogens is 1. The third-order valence-electron chi connectivity index (χ3n) is 2.00. The zero-order chi connectivity index (χ0) is 11.1. The van der Waals surface area contributed by atoms with E-state index in [1.54, 1.807) is 18.2 Å². The monoisotopic (exact) mass is 223 g/mol. The summed E-state index contributed by atoms with van der Waals surface area (Å²) in [5.74, 6) is 6.01. The molecule has 0 saturated heterocycles. The normalized spacial score (nSPS) is 9.47. The van der Waals surface area contributed by atoms with Crippen molar-refractivity contribution in [2.75, 3.05) is 6.54 Å². The average Bonchev–Trinajstić information content (AvgIpc) is 2.21. The lowest BCUT2D eigenvalue weighted by atomic mass is 10.2. The second-order valence-electron chi connectivity index (χ2n) is 3.09. The van der Waals surface area contributed by atoms with Gasteiger partial charge in [0.1, 0.15) is 5.75 Å². The third-order valence-corrected chi connectivity index (χ3v) is 2.35. The van der Waals surface area contributed by atoms with Crippen LogP contribution in [-0.4, -0.2) is 11.7 Å². The van der Waals surface area contributed by atoms with Crippen LogP contribution in [0.1, 0.15) is 18.9 Å². The molecule has 0 unspecified atom stereocenters. The molecule has 3 heteroatoms. The van der Waals surface area contributed by atoms with E-state index < -0.39 is 0 Å². The van der Waals surface area contributed by atoms with Crippen LogP contribution in [0.15, 0.2) is 18.2 Å². The highest BCUT2D eigenvalue weighted by molar-refractivity contribution is 6.31. The molecule has 0 aliphatic rings. The zero-order valence-electron chi connectivity index (χ0n) is 8.68. The van der Waals surface area contributed by atoms with Gasteiger partial charge < -0.3 is 10.4 Å². The first-order chi connectivity index (χ1) is 7.25. The summed E-state index contributed by atoms with van der Waals surface area (Å²) in [7, 11) is 0. The molecule has 0 bridgehead atoms. The van der Waals surface area contributed by atoms with E-state index in [-0.39, 0.29) is 5.75 Å². The number of hydrogen-bond acceptors (Lipinski definition) is 2. The summed E-state index contributed by atoms with van der Waals surface area (Å²) < 4.78 is 0. The Labute approximate surface area is 95.3 Å². The predicted octanol–water partition coefficient (Wildman–Crippen LogP) is 2.55. The maximum Gasteiger partial charge on any atom is 0.121 e. The Morgan fingerprint density at radius 1 is 1.47 bits per heavy atom. The highest BCUT2D eigenvalue weighted by Gasteiger charge is 2.04. The Hall–Kier alpha value is -1.17. The zero-order valence-corrected chi connectivity index (χ0v) is 9.43. The van der Waals surface area contributed by atoms with Crippen LogP contribution in [0.25, 0.3) is 0 Å². The first kappa shape index (κ1) is 11.9. The van der Waals surface area contributed by atoms with E-state index in [0.29, 0.717) is 11.6 Å². The average molecular weight is 224 g/mol. The van der Waals surface area contributed by atoms with Crippen LogP contribution in [0.4, 0.5) is 0 Å². The van der Waals surface area contributed by atoms with Crippen molar-refractivity contribution in [2.24, 2.45) is 0 Å². The summed E-state index contributed by atoms with van der Waals surface area (Å²) in [4.78, 5) is 0. The van der Waals surface area contributed by atoms with Crippen molar-refractivity contribution in [1.29, 1.82) is 0 Å². The van der Waals surface area contributed by atoms with Gasteiger partial charge >= 0.3 is 0 Å². The van der Waals surface area contributed by atoms with E-state index in [1.807, 2.05) is 6.92 Å². The highest BCUT2D eigenvalue weighted by atomic mass is 35.5. The van der Waals surface area contributed by atoms with E-state index >= 15 is 0 Å². The molecule has 1 rings (SSSR count). The van der Waals surface area contributed by atoms with Crippen LogP contribution in [0.2, 0.25) is 5.02 Å². The molecule has 0 aliphatic heterocycles. The number of phenols is 1. The molecule has 0 spiro atoms. The van der Waals surface area contributed by atoms with E-state index in [1.165, 1.54) is 0 Å². The Bertz CT molecular complexity index is 359. The Balaban J connectivity index is 2.45. The fourth-order valence-electron chi connectivity index (χ4n) is 1.21. The van der Waals surface area contributed by atoms with Crippen molar-refractivity contribution < 1.29 is 5.11 Å². The molecule has 0 fully saturated rings. The fraction of sp³-hybridized carbons (Fsp3) is 0.333. The lowest BCUT2D eigenvalue weighted by molar-refractivity contribution is 0.465. The van der Waals surface area contributed by atoms with Gasteiger partial charge in [-0.2, -0.15) is 0 Å². The minimum Gasteiger partial charge on any atom is -0.508 e. The number of benzene rings is 1. The Morgan fingerprint density at radius 3 is 2.93 bits per heavy atom. The largest absolute Gasteiger partial charge is 0.508 e. The van der Waals surface area contributed by atoms with Crippen LogP contribution < -0.4 is 5.32 Å². The molecule has 0 amide bonds. The summed E-state index contributed by atoms with van der Waals surface area (Å²) in [5, 5.41) is 13.3. The molecule has 0 heterocycles. The molecule has 1 aromatic rings. The number of hydrogen-bond donors (Lipinski definition) is 2. The van der Waals surface area contributed by atoms with Crippen LogP contribution in [0.3, 0.4) is 0 Å². The van der Waals surface area contributed by atoms with Crippen molar-refractivity contribution in [3.05, 3.63) is 28.8 Å². The Morgan fingerprint density at radius 2 is 2.27 bits per heavy atom. The lowest BCUT2D eigenvalue weighted by Crippen LogP contribution is -2.14. The molecular weight excluding hydrogens is 210 g/mol. The highest BCUT2D eigenvalue weighted by Crippen LogP contribution is 2.24. The lowest BCUT2D eigenvalue weighted by Gasteiger charge is -2.07. The van der Waals surface area contributed by atoms with Crippen molar-refractivity contribution in [3.63, 3.8) is 0 Å². The number of nitrogens with one attached hydrogen (secondary N) is 1. The summed E-state index contributed by atoms with van der Waals surface area (Å²) in [6.07, 6.45) is 0.807. The van der Waals surface area contributed by atoms with Gasteiger partial charge in [-0.05, 0) is 19.1 Å². The van der Waals surface area contributed by atoms with Crippen molar-refractivity contribution in [1.82, 2.24) is 5.32 Å². The Kier molecular flexibility index (Phi) is 5.03. The second-order valence-corrected chi connectivity index (χ2v) is 3.50. The summed E-state index contributed by atoms with van der Waals surface area (Å²) in [6, 6.07) is 5.13. The van der Waals surface area contributed by atoms with Gasteiger partial charge in [0.05, 0.1) is 0 Å². The quantitative estimate of drug-likeness (QED) is 0.608. The second kappa shape index (κ2) is 6.34. The standard InChI is InChI=1S/C12H14ClNO/c1-2-3-4-8-14-9-10-11(13)6-5-7-12(10)15/h5-7,14-15H,4,8-9H2,1H3. The first-order valence-electron chi connectivity index (χ1n) is 4.82. The van der Waals surface area contributed by atoms with Crippen molar-refractivity contribution in [3.8, 4) is 17.6 Å². The minimum atomic E-state index is 0.233. The first-order valence-corrected chi connectivity index (χ1v) is 5.20. The van der Waals surface area contributed by atoms with Crippen LogP contribution in [0.5, 0.6) is 5.75 Å². The fourth-order valence-corrected chi connectivity index (χ4v) is 1.45. The maximum absolute atomic E-state index is 9.54. The topological polar surface area (TPSA) is 32.3 Å². The molecule has 2 nitrogen and oxygen atoms in total.